The second-order valence-corrected chi connectivity index (χ2v) is 6.87. The number of anilines is 1. The highest BCUT2D eigenvalue weighted by atomic mass is 32.2. The Morgan fingerprint density at radius 2 is 2.29 bits per heavy atom. The number of methoxy groups -OCH3 is 1. The molecule has 17 heavy (non-hydrogen) atoms. The Labute approximate surface area is 104 Å². The van der Waals surface area contributed by atoms with E-state index in [1.807, 2.05) is 0 Å². The van der Waals surface area contributed by atoms with Gasteiger partial charge in [0.2, 0.25) is 0 Å². The van der Waals surface area contributed by atoms with Crippen molar-refractivity contribution in [3.63, 3.8) is 0 Å². The lowest BCUT2D eigenvalue weighted by molar-refractivity contribution is 0.0606. The van der Waals surface area contributed by atoms with E-state index < -0.39 is 15.8 Å². The molecular formula is C9H14N2O4S2. The van der Waals surface area contributed by atoms with Gasteiger partial charge in [0.25, 0.3) is 0 Å². The van der Waals surface area contributed by atoms with Crippen molar-refractivity contribution in [2.24, 2.45) is 0 Å². The molecule has 0 saturated heterocycles. The number of hydrogen-bond donors (Lipinski definition) is 1. The van der Waals surface area contributed by atoms with Gasteiger partial charge in [-0.2, -0.15) is 0 Å². The number of esters is 1. The van der Waals surface area contributed by atoms with E-state index >= 15 is 0 Å². The largest absolute Gasteiger partial charge is 0.465 e. The maximum Gasteiger partial charge on any atom is 0.349 e. The van der Waals surface area contributed by atoms with Crippen LogP contribution in [0, 0.1) is 0 Å². The van der Waals surface area contributed by atoms with Gasteiger partial charge in [-0.1, -0.05) is 11.3 Å². The Hall–Kier alpha value is -1.15. The lowest BCUT2D eigenvalue weighted by Crippen LogP contribution is -2.24. The Kier molecular flexibility index (Phi) is 4.47. The molecule has 8 heteroatoms. The van der Waals surface area contributed by atoms with Gasteiger partial charge in [-0.25, -0.2) is 18.2 Å². The summed E-state index contributed by atoms with van der Waals surface area (Å²) in [5, 5.41) is 3.42. The molecule has 1 aromatic heterocycles. The number of nitrogens with one attached hydrogen (secondary N) is 1. The Morgan fingerprint density at radius 1 is 1.65 bits per heavy atom. The molecule has 0 spiro atoms. The van der Waals surface area contributed by atoms with Gasteiger partial charge >= 0.3 is 5.97 Å². The van der Waals surface area contributed by atoms with Crippen LogP contribution in [-0.2, 0) is 14.6 Å². The smallest absolute Gasteiger partial charge is 0.349 e. The van der Waals surface area contributed by atoms with Crippen LogP contribution in [0.5, 0.6) is 0 Å². The number of aromatic nitrogens is 1. The van der Waals surface area contributed by atoms with Crippen molar-refractivity contribution in [1.82, 2.24) is 4.98 Å². The fraction of sp³-hybridized carbons (Fsp3) is 0.556. The topological polar surface area (TPSA) is 85.4 Å². The van der Waals surface area contributed by atoms with Gasteiger partial charge in [-0.15, -0.1) is 0 Å². The number of nitrogens with zero attached hydrogens (tertiary/aromatic N) is 1. The third-order valence-corrected chi connectivity index (χ3v) is 3.83. The van der Waals surface area contributed by atoms with Crippen molar-refractivity contribution in [2.75, 3.05) is 24.4 Å². The van der Waals surface area contributed by atoms with Crippen molar-refractivity contribution in [3.8, 4) is 0 Å². The third kappa shape index (κ3) is 4.70. The predicted octanol–water partition coefficient (Wildman–Crippen LogP) is 0.775. The van der Waals surface area contributed by atoms with Gasteiger partial charge in [0.15, 0.2) is 5.13 Å². The van der Waals surface area contributed by atoms with Crippen molar-refractivity contribution in [3.05, 3.63) is 11.1 Å². The monoisotopic (exact) mass is 278 g/mol. The first-order valence-electron chi connectivity index (χ1n) is 4.80. The summed E-state index contributed by atoms with van der Waals surface area (Å²) in [5.41, 5.74) is 0. The molecule has 6 nitrogen and oxygen atoms in total. The number of thiazole rings is 1. The molecular weight excluding hydrogens is 264 g/mol. The number of carbonyl (C=O) groups is 1. The molecule has 0 saturated carbocycles. The lowest BCUT2D eigenvalue weighted by Gasteiger charge is -2.10. The second-order valence-electron chi connectivity index (χ2n) is 3.66. The summed E-state index contributed by atoms with van der Waals surface area (Å²) in [4.78, 5) is 15.5. The minimum Gasteiger partial charge on any atom is -0.465 e. The summed E-state index contributed by atoms with van der Waals surface area (Å²) in [5.74, 6) is -0.438. The van der Waals surface area contributed by atoms with E-state index in [2.05, 4.69) is 15.0 Å². The predicted molar refractivity (Wildman–Crippen MR) is 66.2 cm³/mol. The highest BCUT2D eigenvalue weighted by Crippen LogP contribution is 2.19. The van der Waals surface area contributed by atoms with Crippen LogP contribution in [0.25, 0.3) is 0 Å². The quantitative estimate of drug-likeness (QED) is 0.801. The van der Waals surface area contributed by atoms with Crippen molar-refractivity contribution in [1.29, 1.82) is 0 Å². The average Bonchev–Trinajstić information content (AvgIpc) is 2.62. The number of rotatable bonds is 5. The van der Waals surface area contributed by atoms with Gasteiger partial charge in [-0.3, -0.25) is 0 Å². The van der Waals surface area contributed by atoms with E-state index in [4.69, 9.17) is 0 Å². The maximum atomic E-state index is 11.2. The molecule has 0 aliphatic rings. The van der Waals surface area contributed by atoms with Crippen molar-refractivity contribution >= 4 is 32.3 Å². The second kappa shape index (κ2) is 5.46. The molecule has 0 aromatic carbocycles. The first-order chi connectivity index (χ1) is 7.81. The summed E-state index contributed by atoms with van der Waals surface area (Å²) in [7, 11) is -1.74. The highest BCUT2D eigenvalue weighted by molar-refractivity contribution is 7.90. The van der Waals surface area contributed by atoms with E-state index in [0.717, 1.165) is 11.3 Å². The molecule has 1 N–H and O–H groups in total. The van der Waals surface area contributed by atoms with Gasteiger partial charge in [0, 0.05) is 12.3 Å². The van der Waals surface area contributed by atoms with E-state index in [-0.39, 0.29) is 11.8 Å². The van der Waals surface area contributed by atoms with Crippen LogP contribution < -0.4 is 5.32 Å². The molecule has 1 heterocycles. The van der Waals surface area contributed by atoms with Crippen molar-refractivity contribution < 1.29 is 17.9 Å². The van der Waals surface area contributed by atoms with Crippen molar-refractivity contribution in [2.45, 2.75) is 13.0 Å². The molecule has 0 aliphatic carbocycles. The fourth-order valence-corrected chi connectivity index (χ4v) is 3.08. The minimum atomic E-state index is -3.03. The molecule has 0 amide bonds. The summed E-state index contributed by atoms with van der Waals surface area (Å²) in [6, 6.07) is -0.262. The highest BCUT2D eigenvalue weighted by Gasteiger charge is 2.14. The van der Waals surface area contributed by atoms with Crippen LogP contribution in [0.1, 0.15) is 16.6 Å². The maximum absolute atomic E-state index is 11.2. The van der Waals surface area contributed by atoms with E-state index in [0.29, 0.717) is 10.0 Å². The molecule has 1 rings (SSSR count). The van der Waals surface area contributed by atoms with E-state index in [1.165, 1.54) is 19.6 Å². The molecule has 0 fully saturated rings. The van der Waals surface area contributed by atoms with Gasteiger partial charge in [-0.05, 0) is 6.92 Å². The van der Waals surface area contributed by atoms with Gasteiger partial charge < -0.3 is 10.1 Å². The zero-order chi connectivity index (χ0) is 13.1. The first kappa shape index (κ1) is 13.9. The Balaban J connectivity index is 2.63. The number of sulfone groups is 1. The molecule has 1 aromatic rings. The van der Waals surface area contributed by atoms with E-state index in [9.17, 15) is 13.2 Å². The zero-order valence-corrected chi connectivity index (χ0v) is 11.4. The molecule has 1 unspecified atom stereocenters. The Bertz CT molecular complexity index is 495. The summed E-state index contributed by atoms with van der Waals surface area (Å²) in [6.07, 6.45) is 2.57. The van der Waals surface area contributed by atoms with E-state index in [1.54, 1.807) is 6.92 Å². The summed E-state index contributed by atoms with van der Waals surface area (Å²) < 4.78 is 26.7. The number of carbonyl (C=O) groups excluding carboxylic acids is 1. The fourth-order valence-electron chi connectivity index (χ4n) is 1.24. The summed E-state index contributed by atoms with van der Waals surface area (Å²) in [6.45, 7) is 1.74. The zero-order valence-electron chi connectivity index (χ0n) is 9.76. The van der Waals surface area contributed by atoms with Crippen LogP contribution in [0.4, 0.5) is 5.13 Å². The van der Waals surface area contributed by atoms with Gasteiger partial charge in [0.05, 0.1) is 19.1 Å². The Morgan fingerprint density at radius 3 is 2.82 bits per heavy atom. The van der Waals surface area contributed by atoms with Crippen LogP contribution in [0.3, 0.4) is 0 Å². The first-order valence-corrected chi connectivity index (χ1v) is 7.68. The SMILES string of the molecule is COC(=O)c1cnc(NC(C)CS(C)(=O)=O)s1. The standard InChI is InChI=1S/C9H14N2O4S2/c1-6(5-17(3,13)14)11-9-10-4-7(16-9)8(12)15-2/h4,6H,5H2,1-3H3,(H,10,11). The average molecular weight is 278 g/mol. The van der Waals surface area contributed by atoms with Crippen LogP contribution in [0.15, 0.2) is 6.20 Å². The van der Waals surface area contributed by atoms with Crippen LogP contribution >= 0.6 is 11.3 Å². The number of ether oxygens (including phenoxy) is 1. The van der Waals surface area contributed by atoms with Crippen LogP contribution in [-0.4, -0.2) is 44.5 Å². The van der Waals surface area contributed by atoms with Gasteiger partial charge in [0.1, 0.15) is 14.7 Å². The third-order valence-electron chi connectivity index (χ3n) is 1.81. The molecule has 1 atom stereocenters. The molecule has 0 aliphatic heterocycles. The number of hydrogen-bond acceptors (Lipinski definition) is 7. The molecule has 96 valence electrons. The normalized spacial score (nSPS) is 13.1. The minimum absolute atomic E-state index is 0.0140. The molecule has 0 bridgehead atoms. The molecule has 0 radical (unpaired) electrons. The lowest BCUT2D eigenvalue weighted by atomic mass is 10.4. The van der Waals surface area contributed by atoms with Crippen LogP contribution in [0.2, 0.25) is 0 Å². The summed E-state index contributed by atoms with van der Waals surface area (Å²) >= 11 is 1.13.